The Morgan fingerprint density at radius 2 is 2.27 bits per heavy atom. The second-order valence-corrected chi connectivity index (χ2v) is 4.13. The van der Waals surface area contributed by atoms with Crippen molar-refractivity contribution < 1.29 is 0 Å². The van der Waals surface area contributed by atoms with E-state index in [0.717, 1.165) is 24.5 Å². The van der Waals surface area contributed by atoms with E-state index in [1.807, 2.05) is 18.2 Å². The highest BCUT2D eigenvalue weighted by molar-refractivity contribution is 7.08. The minimum Gasteiger partial charge on any atom is -0.370 e. The van der Waals surface area contributed by atoms with Gasteiger partial charge >= 0.3 is 0 Å². The van der Waals surface area contributed by atoms with Crippen molar-refractivity contribution in [3.05, 3.63) is 35.0 Å². The van der Waals surface area contributed by atoms with Crippen molar-refractivity contribution >= 4 is 17.2 Å². The lowest BCUT2D eigenvalue weighted by Gasteiger charge is -2.04. The van der Waals surface area contributed by atoms with E-state index in [1.165, 1.54) is 5.56 Å². The number of thiophene rings is 1. The minimum atomic E-state index is 0.959. The molecule has 3 heteroatoms. The summed E-state index contributed by atoms with van der Waals surface area (Å²) in [5, 5.41) is 7.48. The van der Waals surface area contributed by atoms with E-state index in [9.17, 15) is 0 Å². The second-order valence-electron chi connectivity index (χ2n) is 3.35. The first kappa shape index (κ1) is 10.2. The Hall–Kier alpha value is -1.35. The van der Waals surface area contributed by atoms with Gasteiger partial charge in [-0.15, -0.1) is 0 Å². The maximum atomic E-state index is 4.55. The minimum absolute atomic E-state index is 0.959. The number of aromatic nitrogens is 1. The number of hydrogen-bond acceptors (Lipinski definition) is 3. The number of rotatable bonds is 4. The zero-order valence-corrected chi connectivity index (χ0v) is 9.55. The average Bonchev–Trinajstić information content (AvgIpc) is 2.80. The van der Waals surface area contributed by atoms with Crippen LogP contribution in [0.4, 0.5) is 5.82 Å². The predicted octanol–water partition coefficient (Wildman–Crippen LogP) is 3.63. The van der Waals surface area contributed by atoms with Crippen molar-refractivity contribution in [1.82, 2.24) is 4.98 Å². The third-order valence-corrected chi connectivity index (χ3v) is 2.81. The highest BCUT2D eigenvalue weighted by Gasteiger charge is 2.00. The van der Waals surface area contributed by atoms with Crippen LogP contribution in [0.1, 0.15) is 13.3 Å². The molecule has 0 unspecified atom stereocenters. The lowest BCUT2D eigenvalue weighted by Crippen LogP contribution is -2.01. The zero-order valence-electron chi connectivity index (χ0n) is 8.73. The molecule has 0 saturated heterocycles. The summed E-state index contributed by atoms with van der Waals surface area (Å²) in [6, 6.07) is 8.18. The summed E-state index contributed by atoms with van der Waals surface area (Å²) in [7, 11) is 0. The van der Waals surface area contributed by atoms with E-state index in [0.29, 0.717) is 0 Å². The van der Waals surface area contributed by atoms with Crippen LogP contribution in [-0.2, 0) is 0 Å². The standard InChI is InChI=1S/C12H14N2S/c1-2-7-13-12-5-3-4-11(14-12)10-6-8-15-9-10/h3-6,8-9H,2,7H2,1H3,(H,13,14). The quantitative estimate of drug-likeness (QED) is 0.847. The lowest BCUT2D eigenvalue weighted by atomic mass is 10.2. The third-order valence-electron chi connectivity index (χ3n) is 2.12. The Balaban J connectivity index is 2.19. The van der Waals surface area contributed by atoms with E-state index < -0.39 is 0 Å². The molecule has 0 saturated carbocycles. The number of nitrogens with one attached hydrogen (secondary N) is 1. The van der Waals surface area contributed by atoms with Crippen LogP contribution in [-0.4, -0.2) is 11.5 Å². The third kappa shape index (κ3) is 2.57. The van der Waals surface area contributed by atoms with Crippen LogP contribution in [0.3, 0.4) is 0 Å². The summed E-state index contributed by atoms with van der Waals surface area (Å²) in [6.07, 6.45) is 1.12. The molecular formula is C12H14N2S. The molecule has 0 amide bonds. The van der Waals surface area contributed by atoms with Crippen LogP contribution in [0.5, 0.6) is 0 Å². The Morgan fingerprint density at radius 1 is 1.33 bits per heavy atom. The van der Waals surface area contributed by atoms with Gasteiger partial charge in [0.25, 0.3) is 0 Å². The van der Waals surface area contributed by atoms with Gasteiger partial charge < -0.3 is 5.32 Å². The lowest BCUT2D eigenvalue weighted by molar-refractivity contribution is 0.970. The SMILES string of the molecule is CCCNc1cccc(-c2ccsc2)n1. The molecule has 2 aromatic rings. The normalized spacial score (nSPS) is 10.2. The van der Waals surface area contributed by atoms with Gasteiger partial charge in [-0.25, -0.2) is 4.98 Å². The van der Waals surface area contributed by atoms with Crippen molar-refractivity contribution in [2.45, 2.75) is 13.3 Å². The van der Waals surface area contributed by atoms with E-state index in [-0.39, 0.29) is 0 Å². The first-order valence-electron chi connectivity index (χ1n) is 5.13. The van der Waals surface area contributed by atoms with Gasteiger partial charge in [-0.2, -0.15) is 11.3 Å². The molecule has 2 heterocycles. The van der Waals surface area contributed by atoms with Gasteiger partial charge in [-0.1, -0.05) is 13.0 Å². The molecule has 0 aliphatic carbocycles. The molecule has 0 radical (unpaired) electrons. The fourth-order valence-electron chi connectivity index (χ4n) is 1.36. The molecule has 1 N–H and O–H groups in total. The first-order valence-corrected chi connectivity index (χ1v) is 6.08. The number of nitrogens with zero attached hydrogens (tertiary/aromatic N) is 1. The fraction of sp³-hybridized carbons (Fsp3) is 0.250. The van der Waals surface area contributed by atoms with Gasteiger partial charge in [-0.05, 0) is 30.0 Å². The first-order chi connectivity index (χ1) is 7.40. The van der Waals surface area contributed by atoms with Gasteiger partial charge in [0.1, 0.15) is 5.82 Å². The van der Waals surface area contributed by atoms with Crippen molar-refractivity contribution in [2.75, 3.05) is 11.9 Å². The van der Waals surface area contributed by atoms with Crippen LogP contribution < -0.4 is 5.32 Å². The molecule has 0 aliphatic heterocycles. The van der Waals surface area contributed by atoms with Gasteiger partial charge in [0.2, 0.25) is 0 Å². The maximum Gasteiger partial charge on any atom is 0.126 e. The summed E-state index contributed by atoms with van der Waals surface area (Å²) >= 11 is 1.70. The summed E-state index contributed by atoms with van der Waals surface area (Å²) in [5.74, 6) is 0.959. The predicted molar refractivity (Wildman–Crippen MR) is 66.3 cm³/mol. The fourth-order valence-corrected chi connectivity index (χ4v) is 2.01. The smallest absolute Gasteiger partial charge is 0.126 e. The molecular weight excluding hydrogens is 204 g/mol. The molecule has 2 rings (SSSR count). The Morgan fingerprint density at radius 3 is 3.00 bits per heavy atom. The van der Waals surface area contributed by atoms with Gasteiger partial charge in [0.05, 0.1) is 5.69 Å². The van der Waals surface area contributed by atoms with Crippen LogP contribution >= 0.6 is 11.3 Å². The van der Waals surface area contributed by atoms with E-state index in [1.54, 1.807) is 11.3 Å². The second kappa shape index (κ2) is 4.94. The zero-order chi connectivity index (χ0) is 10.5. The van der Waals surface area contributed by atoms with Crippen LogP contribution in [0.25, 0.3) is 11.3 Å². The van der Waals surface area contributed by atoms with Crippen LogP contribution in [0.2, 0.25) is 0 Å². The van der Waals surface area contributed by atoms with Crippen molar-refractivity contribution in [1.29, 1.82) is 0 Å². The summed E-state index contributed by atoms with van der Waals surface area (Å²) in [5.41, 5.74) is 2.23. The van der Waals surface area contributed by atoms with Crippen molar-refractivity contribution in [2.24, 2.45) is 0 Å². The molecule has 0 aliphatic rings. The summed E-state index contributed by atoms with van der Waals surface area (Å²) in [6.45, 7) is 3.12. The van der Waals surface area contributed by atoms with E-state index in [4.69, 9.17) is 0 Å². The number of hydrogen-bond donors (Lipinski definition) is 1. The van der Waals surface area contributed by atoms with Crippen LogP contribution in [0.15, 0.2) is 35.0 Å². The topological polar surface area (TPSA) is 24.9 Å². The largest absolute Gasteiger partial charge is 0.370 e. The molecule has 2 nitrogen and oxygen atoms in total. The molecule has 0 aromatic carbocycles. The Kier molecular flexibility index (Phi) is 3.35. The number of anilines is 1. The molecule has 15 heavy (non-hydrogen) atoms. The molecule has 0 bridgehead atoms. The Bertz CT molecular complexity index is 409. The van der Waals surface area contributed by atoms with Gasteiger partial charge in [-0.3, -0.25) is 0 Å². The van der Waals surface area contributed by atoms with Crippen molar-refractivity contribution in [3.8, 4) is 11.3 Å². The number of pyridine rings is 1. The molecule has 0 fully saturated rings. The molecule has 0 atom stereocenters. The highest BCUT2D eigenvalue weighted by Crippen LogP contribution is 2.21. The monoisotopic (exact) mass is 218 g/mol. The average molecular weight is 218 g/mol. The van der Waals surface area contributed by atoms with Gasteiger partial charge in [0, 0.05) is 17.5 Å². The molecule has 0 spiro atoms. The van der Waals surface area contributed by atoms with E-state index >= 15 is 0 Å². The molecule has 78 valence electrons. The maximum absolute atomic E-state index is 4.55. The van der Waals surface area contributed by atoms with Crippen molar-refractivity contribution in [3.63, 3.8) is 0 Å². The Labute approximate surface area is 94.0 Å². The van der Waals surface area contributed by atoms with Crippen LogP contribution in [0, 0.1) is 0 Å². The molecule has 2 aromatic heterocycles. The summed E-state index contributed by atoms with van der Waals surface area (Å²) < 4.78 is 0. The summed E-state index contributed by atoms with van der Waals surface area (Å²) in [4.78, 5) is 4.55. The van der Waals surface area contributed by atoms with E-state index in [2.05, 4.69) is 34.1 Å². The highest BCUT2D eigenvalue weighted by atomic mass is 32.1. The van der Waals surface area contributed by atoms with Gasteiger partial charge in [0.15, 0.2) is 0 Å².